The van der Waals surface area contributed by atoms with Crippen LogP contribution in [0.1, 0.15) is 43.0 Å². The molecule has 0 bridgehead atoms. The van der Waals surface area contributed by atoms with Gasteiger partial charge in [-0.15, -0.1) is 0 Å². The summed E-state index contributed by atoms with van der Waals surface area (Å²) in [5.74, 6) is 1.61. The fourth-order valence-electron chi connectivity index (χ4n) is 4.02. The molecule has 0 atom stereocenters. The molecule has 28 heavy (non-hydrogen) atoms. The molecule has 5 rings (SSSR count). The average molecular weight is 369 g/mol. The first-order valence-corrected chi connectivity index (χ1v) is 9.84. The van der Waals surface area contributed by atoms with E-state index in [1.54, 1.807) is 6.20 Å². The molecular weight excluding hydrogens is 346 g/mol. The molecular formula is C23H23N5. The lowest BCUT2D eigenvalue weighted by Crippen LogP contribution is -2.03. The van der Waals surface area contributed by atoms with Crippen LogP contribution in [-0.2, 0) is 12.8 Å². The van der Waals surface area contributed by atoms with Gasteiger partial charge in [-0.3, -0.25) is 4.57 Å². The van der Waals surface area contributed by atoms with E-state index in [0.29, 0.717) is 11.7 Å². The number of imidazole rings is 1. The third-order valence-corrected chi connectivity index (χ3v) is 5.54. The summed E-state index contributed by atoms with van der Waals surface area (Å²) in [5, 5.41) is 0. The van der Waals surface area contributed by atoms with Crippen LogP contribution in [-0.4, -0.2) is 19.5 Å². The second kappa shape index (κ2) is 6.44. The fraction of sp³-hybridized carbons (Fsp3) is 0.261. The number of hydrogen-bond acceptors (Lipinski definition) is 4. The molecule has 0 fully saturated rings. The first kappa shape index (κ1) is 16.9. The van der Waals surface area contributed by atoms with Gasteiger partial charge in [-0.2, -0.15) is 0 Å². The second-order valence-electron chi connectivity index (χ2n) is 7.75. The maximum Gasteiger partial charge on any atom is 0.165 e. The Bertz CT molecular complexity index is 1190. The fourth-order valence-corrected chi connectivity index (χ4v) is 4.02. The van der Waals surface area contributed by atoms with E-state index in [0.717, 1.165) is 40.4 Å². The predicted molar refractivity (Wildman–Crippen MR) is 113 cm³/mol. The van der Waals surface area contributed by atoms with Gasteiger partial charge < -0.3 is 5.73 Å². The lowest BCUT2D eigenvalue weighted by molar-refractivity contribution is 0.826. The van der Waals surface area contributed by atoms with Crippen LogP contribution in [0.4, 0.5) is 5.82 Å². The normalized spacial score (nSPS) is 13.4. The highest BCUT2D eigenvalue weighted by Crippen LogP contribution is 2.33. The van der Waals surface area contributed by atoms with Gasteiger partial charge in [-0.05, 0) is 72.7 Å². The molecule has 0 saturated heterocycles. The standard InChI is InChI=1S/C23H23N5/c1-14(2)19-10-11-20-23(26-19)28(17-9-8-15-5-3-6-16(15)13-17)22(27-20)18-7-4-12-25-21(18)24/h4,7-14H,3,5-6H2,1-2H3,(H2,24,25). The molecule has 0 amide bonds. The third kappa shape index (κ3) is 2.66. The minimum absolute atomic E-state index is 0.347. The van der Waals surface area contributed by atoms with E-state index in [4.69, 9.17) is 15.7 Å². The summed E-state index contributed by atoms with van der Waals surface area (Å²) in [4.78, 5) is 14.1. The monoisotopic (exact) mass is 369 g/mol. The van der Waals surface area contributed by atoms with Crippen molar-refractivity contribution in [2.45, 2.75) is 39.0 Å². The number of pyridine rings is 2. The van der Waals surface area contributed by atoms with Crippen molar-refractivity contribution in [3.63, 3.8) is 0 Å². The molecule has 5 nitrogen and oxygen atoms in total. The van der Waals surface area contributed by atoms with Crippen LogP contribution in [0.2, 0.25) is 0 Å². The van der Waals surface area contributed by atoms with Crippen LogP contribution in [0.15, 0.2) is 48.7 Å². The van der Waals surface area contributed by atoms with E-state index in [-0.39, 0.29) is 0 Å². The molecule has 0 radical (unpaired) electrons. The summed E-state index contributed by atoms with van der Waals surface area (Å²) in [6.45, 7) is 4.31. The number of hydrogen-bond donors (Lipinski definition) is 1. The van der Waals surface area contributed by atoms with E-state index in [1.165, 1.54) is 24.0 Å². The van der Waals surface area contributed by atoms with Gasteiger partial charge in [0.15, 0.2) is 11.5 Å². The van der Waals surface area contributed by atoms with E-state index in [1.807, 2.05) is 12.1 Å². The third-order valence-electron chi connectivity index (χ3n) is 5.54. The topological polar surface area (TPSA) is 69.6 Å². The van der Waals surface area contributed by atoms with Crippen molar-refractivity contribution in [1.29, 1.82) is 0 Å². The molecule has 140 valence electrons. The molecule has 1 aliphatic carbocycles. The van der Waals surface area contributed by atoms with Crippen LogP contribution in [0.5, 0.6) is 0 Å². The van der Waals surface area contributed by atoms with E-state index in [2.05, 4.69) is 53.7 Å². The van der Waals surface area contributed by atoms with Crippen molar-refractivity contribution in [2.24, 2.45) is 0 Å². The highest BCUT2D eigenvalue weighted by Gasteiger charge is 2.20. The molecule has 0 saturated carbocycles. The lowest BCUT2D eigenvalue weighted by atomic mass is 10.1. The second-order valence-corrected chi connectivity index (χ2v) is 7.75. The Morgan fingerprint density at radius 3 is 2.68 bits per heavy atom. The zero-order valence-corrected chi connectivity index (χ0v) is 16.2. The van der Waals surface area contributed by atoms with Crippen molar-refractivity contribution >= 4 is 17.0 Å². The number of rotatable bonds is 3. The maximum absolute atomic E-state index is 6.20. The van der Waals surface area contributed by atoms with Gasteiger partial charge >= 0.3 is 0 Å². The van der Waals surface area contributed by atoms with Crippen LogP contribution in [0.3, 0.4) is 0 Å². The minimum atomic E-state index is 0.347. The Morgan fingerprint density at radius 1 is 1.00 bits per heavy atom. The van der Waals surface area contributed by atoms with Gasteiger partial charge in [0.25, 0.3) is 0 Å². The number of benzene rings is 1. The summed E-state index contributed by atoms with van der Waals surface area (Å²) in [6.07, 6.45) is 5.22. The number of fused-ring (bicyclic) bond motifs is 2. The van der Waals surface area contributed by atoms with E-state index in [9.17, 15) is 0 Å². The van der Waals surface area contributed by atoms with Gasteiger partial charge in [0.2, 0.25) is 0 Å². The van der Waals surface area contributed by atoms with Gasteiger partial charge in [-0.25, -0.2) is 15.0 Å². The lowest BCUT2D eigenvalue weighted by Gasteiger charge is -2.12. The van der Waals surface area contributed by atoms with E-state index < -0.39 is 0 Å². The summed E-state index contributed by atoms with van der Waals surface area (Å²) < 4.78 is 2.13. The van der Waals surface area contributed by atoms with Crippen molar-refractivity contribution in [1.82, 2.24) is 19.5 Å². The van der Waals surface area contributed by atoms with Crippen molar-refractivity contribution in [2.75, 3.05) is 5.73 Å². The SMILES string of the molecule is CC(C)c1ccc2nc(-c3cccnc3N)n(-c3ccc4c(c3)CCC4)c2n1. The molecule has 3 aromatic heterocycles. The molecule has 0 aliphatic heterocycles. The van der Waals surface area contributed by atoms with Crippen LogP contribution >= 0.6 is 0 Å². The summed E-state index contributed by atoms with van der Waals surface area (Å²) >= 11 is 0. The molecule has 2 N–H and O–H groups in total. The Hall–Kier alpha value is -3.21. The summed E-state index contributed by atoms with van der Waals surface area (Å²) in [6, 6.07) is 14.7. The van der Waals surface area contributed by atoms with Crippen LogP contribution in [0.25, 0.3) is 28.2 Å². The predicted octanol–water partition coefficient (Wildman–Crippen LogP) is 4.68. The Morgan fingerprint density at radius 2 is 1.86 bits per heavy atom. The summed E-state index contributed by atoms with van der Waals surface area (Å²) in [7, 11) is 0. The molecule has 0 unspecified atom stereocenters. The largest absolute Gasteiger partial charge is 0.383 e. The van der Waals surface area contributed by atoms with Crippen LogP contribution in [0, 0.1) is 0 Å². The van der Waals surface area contributed by atoms with Crippen molar-refractivity contribution < 1.29 is 0 Å². The quantitative estimate of drug-likeness (QED) is 0.569. The first-order chi connectivity index (χ1) is 13.6. The maximum atomic E-state index is 6.20. The molecule has 0 spiro atoms. The zero-order valence-electron chi connectivity index (χ0n) is 16.2. The summed E-state index contributed by atoms with van der Waals surface area (Å²) in [5.41, 5.74) is 13.8. The number of nitrogens with zero attached hydrogens (tertiary/aromatic N) is 4. The Balaban J connectivity index is 1.82. The average Bonchev–Trinajstić information content (AvgIpc) is 3.31. The van der Waals surface area contributed by atoms with Gasteiger partial charge in [-0.1, -0.05) is 19.9 Å². The number of aromatic nitrogens is 4. The minimum Gasteiger partial charge on any atom is -0.383 e. The first-order valence-electron chi connectivity index (χ1n) is 9.84. The zero-order chi connectivity index (χ0) is 19.3. The molecule has 1 aromatic carbocycles. The van der Waals surface area contributed by atoms with Crippen molar-refractivity contribution in [3.05, 3.63) is 65.5 Å². The van der Waals surface area contributed by atoms with Crippen molar-refractivity contribution in [3.8, 4) is 17.1 Å². The van der Waals surface area contributed by atoms with E-state index >= 15 is 0 Å². The van der Waals surface area contributed by atoms with Gasteiger partial charge in [0, 0.05) is 17.6 Å². The molecule has 3 heterocycles. The highest BCUT2D eigenvalue weighted by atomic mass is 15.1. The molecule has 4 aromatic rings. The Labute approximate surface area is 164 Å². The number of nitrogen functional groups attached to an aromatic ring is 1. The Kier molecular flexibility index (Phi) is 3.90. The smallest absolute Gasteiger partial charge is 0.165 e. The van der Waals surface area contributed by atoms with Gasteiger partial charge in [0.1, 0.15) is 11.3 Å². The van der Waals surface area contributed by atoms with Crippen LogP contribution < -0.4 is 5.73 Å². The number of nitrogens with two attached hydrogens (primary N) is 1. The molecule has 5 heteroatoms. The number of anilines is 1. The van der Waals surface area contributed by atoms with Gasteiger partial charge in [0.05, 0.1) is 5.56 Å². The number of aryl methyl sites for hydroxylation is 2. The molecule has 1 aliphatic rings. The highest BCUT2D eigenvalue weighted by molar-refractivity contribution is 5.83.